The zero-order valence-corrected chi connectivity index (χ0v) is 9.97. The molecule has 1 rings (SSSR count). The van der Waals surface area contributed by atoms with Gasteiger partial charge in [-0.3, -0.25) is 4.79 Å². The second-order valence-corrected chi connectivity index (χ2v) is 3.62. The Balaban J connectivity index is 3.26. The van der Waals surface area contributed by atoms with Crippen LogP contribution < -0.4 is 0 Å². The van der Waals surface area contributed by atoms with E-state index in [-0.39, 0.29) is 5.57 Å². The predicted molar refractivity (Wildman–Crippen MR) is 66.3 cm³/mol. The van der Waals surface area contributed by atoms with E-state index in [0.717, 1.165) is 11.1 Å². The summed E-state index contributed by atoms with van der Waals surface area (Å²) >= 11 is 0. The van der Waals surface area contributed by atoms with Crippen LogP contribution in [0.2, 0.25) is 0 Å². The molecule has 0 N–H and O–H groups in total. The Hall–Kier alpha value is -1.81. The molecule has 0 saturated carbocycles. The van der Waals surface area contributed by atoms with Crippen molar-refractivity contribution in [2.75, 3.05) is 6.61 Å². The Morgan fingerprint density at radius 1 is 1.65 bits per heavy atom. The van der Waals surface area contributed by atoms with E-state index in [1.807, 2.05) is 13.0 Å². The highest BCUT2D eigenvalue weighted by Gasteiger charge is 2.22. The van der Waals surface area contributed by atoms with Gasteiger partial charge in [-0.05, 0) is 31.1 Å². The molecule has 0 unspecified atom stereocenters. The van der Waals surface area contributed by atoms with Gasteiger partial charge in [-0.1, -0.05) is 24.8 Å². The van der Waals surface area contributed by atoms with Crippen LogP contribution in [-0.2, 0) is 9.53 Å². The summed E-state index contributed by atoms with van der Waals surface area (Å²) in [5, 5.41) is 2.44. The Bertz CT molecular complexity index is 430. The Morgan fingerprint density at radius 2 is 2.35 bits per heavy atom. The molecule has 0 aromatic heterocycles. The van der Waals surface area contributed by atoms with E-state index in [2.05, 4.69) is 11.8 Å². The minimum absolute atomic E-state index is 0.268. The van der Waals surface area contributed by atoms with Crippen molar-refractivity contribution in [3.8, 4) is 0 Å². The lowest BCUT2D eigenvalue weighted by molar-refractivity contribution is -0.115. The Morgan fingerprint density at radius 3 is 2.88 bits per heavy atom. The van der Waals surface area contributed by atoms with E-state index in [1.165, 1.54) is 0 Å². The van der Waals surface area contributed by atoms with Crippen molar-refractivity contribution >= 4 is 5.91 Å². The molecule has 17 heavy (non-hydrogen) atoms. The lowest BCUT2D eigenvalue weighted by Gasteiger charge is -2.10. The normalized spacial score (nSPS) is 25.3. The van der Waals surface area contributed by atoms with Crippen LogP contribution in [0.1, 0.15) is 13.8 Å². The number of allylic oxidation sites excluding steroid dienone is 4. The highest BCUT2D eigenvalue weighted by molar-refractivity contribution is 5.95. The van der Waals surface area contributed by atoms with Crippen molar-refractivity contribution in [1.82, 2.24) is 0 Å². The lowest BCUT2D eigenvalue weighted by Crippen LogP contribution is -2.16. The molecule has 4 nitrogen and oxygen atoms in total. The molecule has 0 aromatic rings. The number of nitroso groups, excluding NO2 is 1. The summed E-state index contributed by atoms with van der Waals surface area (Å²) in [5.41, 5.74) is 2.04. The number of amides is 1. The fourth-order valence-electron chi connectivity index (χ4n) is 1.59. The van der Waals surface area contributed by atoms with Crippen molar-refractivity contribution in [2.45, 2.75) is 20.0 Å². The monoisotopic (exact) mass is 233 g/mol. The largest absolute Gasteiger partial charge is 0.369 e. The van der Waals surface area contributed by atoms with Crippen LogP contribution >= 0.6 is 0 Å². The topological polar surface area (TPSA) is 55.7 Å². The van der Waals surface area contributed by atoms with Gasteiger partial charge in [0.25, 0.3) is 0 Å². The first-order valence-electron chi connectivity index (χ1n) is 5.33. The molecule has 0 aliphatic carbocycles. The van der Waals surface area contributed by atoms with Gasteiger partial charge >= 0.3 is 5.91 Å². The zero-order valence-electron chi connectivity index (χ0n) is 9.97. The van der Waals surface area contributed by atoms with E-state index in [4.69, 9.17) is 4.74 Å². The molecule has 1 aliphatic rings. The number of rotatable bonds is 2. The van der Waals surface area contributed by atoms with Gasteiger partial charge in [0, 0.05) is 5.18 Å². The lowest BCUT2D eigenvalue weighted by atomic mass is 10.0. The number of hydrogen-bond donors (Lipinski definition) is 0. The minimum atomic E-state index is -0.787. The molecule has 0 fully saturated rings. The first kappa shape index (κ1) is 13.3. The summed E-state index contributed by atoms with van der Waals surface area (Å²) in [4.78, 5) is 21.7. The van der Waals surface area contributed by atoms with Crippen LogP contribution in [-0.4, -0.2) is 18.6 Å². The van der Waals surface area contributed by atoms with Crippen molar-refractivity contribution in [3.63, 3.8) is 0 Å². The van der Waals surface area contributed by atoms with Crippen molar-refractivity contribution in [1.29, 1.82) is 0 Å². The molecule has 90 valence electrons. The molecule has 4 heteroatoms. The third kappa shape index (κ3) is 3.07. The number of ether oxygens (including phenoxy) is 1. The van der Waals surface area contributed by atoms with Crippen LogP contribution in [0, 0.1) is 4.91 Å². The van der Waals surface area contributed by atoms with Gasteiger partial charge in [0.05, 0.1) is 18.3 Å². The molecule has 1 atom stereocenters. The maximum Gasteiger partial charge on any atom is 0.315 e. The molecular weight excluding hydrogens is 218 g/mol. The first-order valence-corrected chi connectivity index (χ1v) is 5.33. The van der Waals surface area contributed by atoms with Gasteiger partial charge < -0.3 is 4.74 Å². The van der Waals surface area contributed by atoms with E-state index in [9.17, 15) is 9.70 Å². The van der Waals surface area contributed by atoms with Gasteiger partial charge in [0.15, 0.2) is 0 Å². The summed E-state index contributed by atoms with van der Waals surface area (Å²) < 4.78 is 5.49. The average molecular weight is 233 g/mol. The van der Waals surface area contributed by atoms with Crippen molar-refractivity contribution in [2.24, 2.45) is 5.18 Å². The van der Waals surface area contributed by atoms with Crippen LogP contribution in [0.3, 0.4) is 0 Å². The quantitative estimate of drug-likeness (QED) is 0.689. The summed E-state index contributed by atoms with van der Waals surface area (Å²) in [6.07, 6.45) is 6.50. The summed E-state index contributed by atoms with van der Waals surface area (Å²) in [7, 11) is 0. The Kier molecular flexibility index (Phi) is 4.72. The van der Waals surface area contributed by atoms with Crippen molar-refractivity contribution in [3.05, 3.63) is 52.5 Å². The molecular formula is C13H15NO3. The number of hydrogen-bond acceptors (Lipinski definition) is 3. The van der Waals surface area contributed by atoms with E-state index in [1.54, 1.807) is 25.2 Å². The standard InChI is InChI=1S/C13H15NO3/c1-4-6-11-7-12(13(15)14-16)9(3)17-8-10(11)5-2/h4-7,9H,1,8H2,2-3H3/b10-5-,11-6-/t9-/m1/s1. The summed E-state index contributed by atoms with van der Waals surface area (Å²) in [6.45, 7) is 7.62. The molecule has 0 radical (unpaired) electrons. The van der Waals surface area contributed by atoms with Crippen LogP contribution in [0.4, 0.5) is 0 Å². The highest BCUT2D eigenvalue weighted by Crippen LogP contribution is 2.23. The number of carbonyl (C=O) groups excluding carboxylic acids is 1. The minimum Gasteiger partial charge on any atom is -0.369 e. The molecule has 1 aliphatic heterocycles. The molecule has 0 saturated heterocycles. The molecule has 1 amide bonds. The molecule has 0 bridgehead atoms. The molecule has 0 aromatic carbocycles. The van der Waals surface area contributed by atoms with E-state index in [0.29, 0.717) is 6.61 Å². The smallest absolute Gasteiger partial charge is 0.315 e. The average Bonchev–Trinajstić information content (AvgIpc) is 2.49. The van der Waals surface area contributed by atoms with Gasteiger partial charge in [-0.25, -0.2) is 0 Å². The highest BCUT2D eigenvalue weighted by atomic mass is 16.5. The van der Waals surface area contributed by atoms with Gasteiger partial charge in [0.1, 0.15) is 0 Å². The fraction of sp³-hybridized carbons (Fsp3) is 0.308. The molecule has 1 heterocycles. The first-order chi connectivity index (χ1) is 8.13. The summed E-state index contributed by atoms with van der Waals surface area (Å²) in [6, 6.07) is 0. The maximum atomic E-state index is 11.4. The van der Waals surface area contributed by atoms with Gasteiger partial charge in [-0.2, -0.15) is 0 Å². The zero-order chi connectivity index (χ0) is 12.8. The van der Waals surface area contributed by atoms with E-state index < -0.39 is 12.0 Å². The second kappa shape index (κ2) is 6.06. The maximum absolute atomic E-state index is 11.4. The van der Waals surface area contributed by atoms with Gasteiger partial charge in [0.2, 0.25) is 0 Å². The van der Waals surface area contributed by atoms with Crippen LogP contribution in [0.25, 0.3) is 0 Å². The fourth-order valence-corrected chi connectivity index (χ4v) is 1.59. The molecule has 0 spiro atoms. The SMILES string of the molecule is C=C/C=C1/C=C(C(=O)N=O)[C@@H](C)OC/C1=C/C. The third-order valence-corrected chi connectivity index (χ3v) is 2.58. The van der Waals surface area contributed by atoms with Gasteiger partial charge in [-0.15, -0.1) is 4.91 Å². The van der Waals surface area contributed by atoms with Crippen molar-refractivity contribution < 1.29 is 9.53 Å². The summed E-state index contributed by atoms with van der Waals surface area (Å²) in [5.74, 6) is -0.787. The van der Waals surface area contributed by atoms with E-state index >= 15 is 0 Å². The predicted octanol–water partition coefficient (Wildman–Crippen LogP) is 2.68. The third-order valence-electron chi connectivity index (χ3n) is 2.58. The second-order valence-electron chi connectivity index (χ2n) is 3.62. The van der Waals surface area contributed by atoms with Crippen LogP contribution in [0.5, 0.6) is 0 Å². The number of nitrogens with zero attached hydrogens (tertiary/aromatic N) is 1. The number of carbonyl (C=O) groups is 1. The Labute approximate surface area is 100 Å². The van der Waals surface area contributed by atoms with Crippen LogP contribution in [0.15, 0.2) is 52.8 Å².